The summed E-state index contributed by atoms with van der Waals surface area (Å²) in [6.07, 6.45) is 0. The Morgan fingerprint density at radius 3 is 2.50 bits per heavy atom. The van der Waals surface area contributed by atoms with Gasteiger partial charge in [0.25, 0.3) is 5.82 Å². The number of hydrogen-bond donors (Lipinski definition) is 2. The standard InChI is InChI=1S/C20H16BrN3O2/c1-2-26-19-9-13(5-8-18(19)25)15-10-17(24-20(23)16(15)11-22)12-3-6-14(21)7-4-12/h3-10,25H,2H2,1H3,(H2,23,24)/p+1. The van der Waals surface area contributed by atoms with Crippen molar-refractivity contribution in [2.24, 2.45) is 0 Å². The van der Waals surface area contributed by atoms with Crippen LogP contribution in [0, 0.1) is 11.3 Å². The zero-order valence-electron chi connectivity index (χ0n) is 14.1. The van der Waals surface area contributed by atoms with Crippen LogP contribution in [0.5, 0.6) is 11.5 Å². The highest BCUT2D eigenvalue weighted by Gasteiger charge is 2.18. The Balaban J connectivity index is 2.18. The molecule has 0 fully saturated rings. The molecule has 1 aromatic heterocycles. The molecule has 0 saturated carbocycles. The molecule has 4 N–H and O–H groups in total. The van der Waals surface area contributed by atoms with Gasteiger partial charge in [-0.25, -0.2) is 4.98 Å². The van der Waals surface area contributed by atoms with Gasteiger partial charge in [-0.2, -0.15) is 5.26 Å². The summed E-state index contributed by atoms with van der Waals surface area (Å²) >= 11 is 3.42. The summed E-state index contributed by atoms with van der Waals surface area (Å²) in [6.45, 7) is 2.27. The number of nitrogens with two attached hydrogens (primary N) is 1. The van der Waals surface area contributed by atoms with Gasteiger partial charge >= 0.3 is 0 Å². The van der Waals surface area contributed by atoms with E-state index in [2.05, 4.69) is 27.0 Å². The smallest absolute Gasteiger partial charge is 0.289 e. The summed E-state index contributed by atoms with van der Waals surface area (Å²) in [4.78, 5) is 3.08. The van der Waals surface area contributed by atoms with Crippen molar-refractivity contribution in [3.63, 3.8) is 0 Å². The maximum Gasteiger partial charge on any atom is 0.289 e. The van der Waals surface area contributed by atoms with E-state index in [0.29, 0.717) is 23.5 Å². The Morgan fingerprint density at radius 2 is 1.85 bits per heavy atom. The van der Waals surface area contributed by atoms with Gasteiger partial charge in [0.05, 0.1) is 6.61 Å². The lowest BCUT2D eigenvalue weighted by Crippen LogP contribution is -2.16. The van der Waals surface area contributed by atoms with Crippen molar-refractivity contribution in [1.29, 1.82) is 5.26 Å². The number of aromatic hydroxyl groups is 1. The average Bonchev–Trinajstić information content (AvgIpc) is 2.63. The molecule has 26 heavy (non-hydrogen) atoms. The lowest BCUT2D eigenvalue weighted by molar-refractivity contribution is -0.346. The van der Waals surface area contributed by atoms with Crippen LogP contribution in [0.1, 0.15) is 12.5 Å². The van der Waals surface area contributed by atoms with Crippen LogP contribution < -0.4 is 15.5 Å². The van der Waals surface area contributed by atoms with Crippen molar-refractivity contribution < 1.29 is 14.8 Å². The third-order valence-corrected chi connectivity index (χ3v) is 4.46. The quantitative estimate of drug-likeness (QED) is 0.674. The predicted octanol–water partition coefficient (Wildman–Crippen LogP) is 4.16. The molecule has 0 aliphatic heterocycles. The number of nitrogens with zero attached hydrogens (tertiary/aromatic N) is 1. The van der Waals surface area contributed by atoms with Gasteiger partial charge in [-0.3, -0.25) is 5.73 Å². The molecule has 0 spiro atoms. The number of rotatable bonds is 4. The lowest BCUT2D eigenvalue weighted by Gasteiger charge is -2.11. The molecule has 0 atom stereocenters. The Morgan fingerprint density at radius 1 is 1.15 bits per heavy atom. The molecule has 0 aliphatic rings. The van der Waals surface area contributed by atoms with Crippen LogP contribution in [0.4, 0.5) is 5.82 Å². The number of benzene rings is 2. The number of H-pyrrole nitrogens is 1. The minimum atomic E-state index is 0.0534. The van der Waals surface area contributed by atoms with E-state index in [1.54, 1.807) is 18.2 Å². The molecule has 5 nitrogen and oxygen atoms in total. The normalized spacial score (nSPS) is 10.3. The minimum Gasteiger partial charge on any atom is -0.504 e. The molecule has 0 amide bonds. The second kappa shape index (κ2) is 7.46. The maximum absolute atomic E-state index is 9.93. The summed E-state index contributed by atoms with van der Waals surface area (Å²) < 4.78 is 6.43. The van der Waals surface area contributed by atoms with Crippen molar-refractivity contribution in [1.82, 2.24) is 0 Å². The van der Waals surface area contributed by atoms with Crippen LogP contribution in [0.3, 0.4) is 0 Å². The zero-order chi connectivity index (χ0) is 18.7. The molecule has 6 heteroatoms. The first-order chi connectivity index (χ1) is 12.5. The number of halogens is 1. The van der Waals surface area contributed by atoms with E-state index in [0.717, 1.165) is 21.3 Å². The van der Waals surface area contributed by atoms with Gasteiger partial charge in [0.15, 0.2) is 11.5 Å². The summed E-state index contributed by atoms with van der Waals surface area (Å²) in [6, 6.07) is 16.8. The van der Waals surface area contributed by atoms with E-state index in [1.807, 2.05) is 37.3 Å². The Labute approximate surface area is 159 Å². The number of ether oxygens (including phenoxy) is 1. The van der Waals surface area contributed by atoms with Crippen molar-refractivity contribution >= 4 is 21.7 Å². The monoisotopic (exact) mass is 410 g/mol. The molecule has 3 aromatic rings. The summed E-state index contributed by atoms with van der Waals surface area (Å²) in [5, 5.41) is 19.5. The van der Waals surface area contributed by atoms with E-state index in [-0.39, 0.29) is 11.6 Å². The van der Waals surface area contributed by atoms with Crippen molar-refractivity contribution in [2.45, 2.75) is 6.92 Å². The molecular formula is C20H17BrN3O2+. The highest BCUT2D eigenvalue weighted by atomic mass is 79.9. The summed E-state index contributed by atoms with van der Waals surface area (Å²) in [7, 11) is 0. The van der Waals surface area contributed by atoms with Crippen LogP contribution in [-0.2, 0) is 0 Å². The fourth-order valence-electron chi connectivity index (χ4n) is 2.69. The third-order valence-electron chi connectivity index (χ3n) is 3.93. The molecule has 2 aromatic carbocycles. The van der Waals surface area contributed by atoms with Crippen LogP contribution >= 0.6 is 15.9 Å². The second-order valence-corrected chi connectivity index (χ2v) is 6.54. The minimum absolute atomic E-state index is 0.0534. The van der Waals surface area contributed by atoms with Gasteiger partial charge in [0, 0.05) is 15.6 Å². The number of nitriles is 1. The Bertz CT molecular complexity index is 995. The van der Waals surface area contributed by atoms with Crippen LogP contribution in [0.2, 0.25) is 0 Å². The van der Waals surface area contributed by atoms with Gasteiger partial charge < -0.3 is 9.84 Å². The van der Waals surface area contributed by atoms with Gasteiger partial charge in [-0.05, 0) is 55.0 Å². The van der Waals surface area contributed by atoms with Crippen LogP contribution in [0.15, 0.2) is 53.0 Å². The van der Waals surface area contributed by atoms with Gasteiger partial charge in [-0.15, -0.1) is 0 Å². The number of pyridine rings is 1. The number of hydrogen-bond acceptors (Lipinski definition) is 4. The van der Waals surface area contributed by atoms with Crippen LogP contribution in [-0.4, -0.2) is 11.7 Å². The molecule has 0 aliphatic carbocycles. The SMILES string of the molecule is CCOc1cc(-c2cc(-c3ccc(Br)cc3)[nH+]c(N)c2C#N)ccc1O. The largest absolute Gasteiger partial charge is 0.504 e. The second-order valence-electron chi connectivity index (χ2n) is 5.62. The molecule has 0 unspecified atom stereocenters. The number of nitrogen functional groups attached to an aromatic ring is 1. The molecule has 0 radical (unpaired) electrons. The zero-order valence-corrected chi connectivity index (χ0v) is 15.7. The van der Waals surface area contributed by atoms with E-state index in [9.17, 15) is 10.4 Å². The van der Waals surface area contributed by atoms with Crippen molar-refractivity contribution in [2.75, 3.05) is 12.3 Å². The first-order valence-electron chi connectivity index (χ1n) is 8.01. The van der Waals surface area contributed by atoms with E-state index in [4.69, 9.17) is 10.5 Å². The molecule has 0 bridgehead atoms. The fourth-order valence-corrected chi connectivity index (χ4v) is 2.96. The molecule has 130 valence electrons. The first-order valence-corrected chi connectivity index (χ1v) is 8.80. The first kappa shape index (κ1) is 17.8. The number of phenols is 1. The number of nitrogens with one attached hydrogen (secondary N) is 1. The van der Waals surface area contributed by atoms with E-state index < -0.39 is 0 Å². The highest BCUT2D eigenvalue weighted by Crippen LogP contribution is 2.35. The Hall–Kier alpha value is -3.04. The third kappa shape index (κ3) is 3.48. The van der Waals surface area contributed by atoms with E-state index in [1.165, 1.54) is 0 Å². The van der Waals surface area contributed by atoms with Crippen LogP contribution in [0.25, 0.3) is 22.4 Å². The molecule has 0 saturated heterocycles. The molecule has 1 heterocycles. The predicted molar refractivity (Wildman–Crippen MR) is 104 cm³/mol. The number of aromatic amines is 1. The Kier molecular flexibility index (Phi) is 5.10. The lowest BCUT2D eigenvalue weighted by atomic mass is 9.98. The maximum atomic E-state index is 9.93. The number of phenolic OH excluding ortho intramolecular Hbond substituents is 1. The number of anilines is 1. The topological polar surface area (TPSA) is 93.4 Å². The highest BCUT2D eigenvalue weighted by molar-refractivity contribution is 9.10. The van der Waals surface area contributed by atoms with Gasteiger partial charge in [-0.1, -0.05) is 22.0 Å². The van der Waals surface area contributed by atoms with Gasteiger partial charge in [0.1, 0.15) is 17.3 Å². The van der Waals surface area contributed by atoms with E-state index >= 15 is 0 Å². The number of aromatic nitrogens is 1. The average molecular weight is 411 g/mol. The van der Waals surface area contributed by atoms with Crippen molar-refractivity contribution in [3.8, 4) is 40.0 Å². The summed E-state index contributed by atoms with van der Waals surface area (Å²) in [5.74, 6) is 0.706. The molecular weight excluding hydrogens is 394 g/mol. The summed E-state index contributed by atoms with van der Waals surface area (Å²) in [5.41, 5.74) is 9.58. The van der Waals surface area contributed by atoms with Crippen molar-refractivity contribution in [3.05, 3.63) is 58.6 Å². The molecule has 3 rings (SSSR count). The van der Waals surface area contributed by atoms with Gasteiger partial charge in [0.2, 0.25) is 0 Å². The fraction of sp³-hybridized carbons (Fsp3) is 0.100.